The Balaban J connectivity index is 1.88. The van der Waals surface area contributed by atoms with Crippen molar-refractivity contribution in [3.63, 3.8) is 0 Å². The first-order valence-electron chi connectivity index (χ1n) is 7.64. The number of nitrogens with zero attached hydrogens (tertiary/aromatic N) is 2. The van der Waals surface area contributed by atoms with Crippen molar-refractivity contribution in [3.05, 3.63) is 52.2 Å². The normalized spacial score (nSPS) is 14.3. The molecule has 1 aromatic carbocycles. The third kappa shape index (κ3) is 3.30. The number of hydrogen-bond acceptors (Lipinski definition) is 4. The number of nitrogens with one attached hydrogen (secondary N) is 1. The van der Waals surface area contributed by atoms with Gasteiger partial charge in [0, 0.05) is 25.0 Å². The number of nitrogens with two attached hydrogens (primary N) is 1. The summed E-state index contributed by atoms with van der Waals surface area (Å²) in [6.45, 7) is 5.24. The van der Waals surface area contributed by atoms with Gasteiger partial charge in [0.15, 0.2) is 0 Å². The van der Waals surface area contributed by atoms with E-state index in [0.29, 0.717) is 16.4 Å². The molecule has 1 aromatic heterocycles. The van der Waals surface area contributed by atoms with Gasteiger partial charge < -0.3 is 11.1 Å². The van der Waals surface area contributed by atoms with Crippen LogP contribution in [0.25, 0.3) is 0 Å². The maximum Gasteiger partial charge on any atom is 0.250 e. The van der Waals surface area contributed by atoms with Crippen LogP contribution in [0.3, 0.4) is 0 Å². The lowest BCUT2D eigenvalue weighted by Crippen LogP contribution is -2.30. The lowest BCUT2D eigenvalue weighted by molar-refractivity contribution is 0.1000. The van der Waals surface area contributed by atoms with Crippen molar-refractivity contribution in [3.8, 4) is 0 Å². The van der Waals surface area contributed by atoms with Crippen molar-refractivity contribution >= 4 is 29.0 Å². The number of amides is 1. The van der Waals surface area contributed by atoms with E-state index in [0.717, 1.165) is 31.7 Å². The fourth-order valence-corrected chi connectivity index (χ4v) is 3.06. The van der Waals surface area contributed by atoms with Crippen molar-refractivity contribution in [2.75, 3.05) is 18.4 Å². The van der Waals surface area contributed by atoms with Gasteiger partial charge in [-0.05, 0) is 36.2 Å². The van der Waals surface area contributed by atoms with Crippen LogP contribution in [0.1, 0.15) is 28.4 Å². The first-order chi connectivity index (χ1) is 11.1. The topological polar surface area (TPSA) is 71.2 Å². The van der Waals surface area contributed by atoms with Crippen LogP contribution in [0.4, 0.5) is 11.5 Å². The molecule has 0 saturated heterocycles. The highest BCUT2D eigenvalue weighted by Crippen LogP contribution is 2.30. The van der Waals surface area contributed by atoms with Crippen LogP contribution in [-0.2, 0) is 13.0 Å². The molecular formula is C17H19ClN4O. The summed E-state index contributed by atoms with van der Waals surface area (Å²) in [4.78, 5) is 17.8. The van der Waals surface area contributed by atoms with Gasteiger partial charge in [-0.15, -0.1) is 0 Å². The van der Waals surface area contributed by atoms with Crippen molar-refractivity contribution < 1.29 is 4.79 Å². The molecule has 1 aliphatic heterocycles. The summed E-state index contributed by atoms with van der Waals surface area (Å²) in [5.41, 5.74) is 9.18. The second-order valence-corrected chi connectivity index (χ2v) is 6.01. The standard InChI is InChI=1S/C17H19ClN4O/c1-2-22-7-6-13-11(10-22)4-3-5-15(13)21-17-14(18)8-12(9-20-17)16(19)23/h3-5,8-9H,2,6-7,10H2,1H3,(H2,19,23)(H,20,21). The number of aromatic nitrogens is 1. The lowest BCUT2D eigenvalue weighted by Gasteiger charge is -2.29. The fraction of sp³-hybridized carbons (Fsp3) is 0.294. The summed E-state index contributed by atoms with van der Waals surface area (Å²) in [6.07, 6.45) is 2.42. The summed E-state index contributed by atoms with van der Waals surface area (Å²) < 4.78 is 0. The Morgan fingerprint density at radius 3 is 3.00 bits per heavy atom. The largest absolute Gasteiger partial charge is 0.366 e. The van der Waals surface area contributed by atoms with E-state index in [1.54, 1.807) is 0 Å². The highest BCUT2D eigenvalue weighted by atomic mass is 35.5. The zero-order chi connectivity index (χ0) is 16.4. The summed E-state index contributed by atoms with van der Waals surface area (Å²) in [6, 6.07) is 7.76. The Kier molecular flexibility index (Phi) is 4.50. The Hall–Kier alpha value is -2.11. The van der Waals surface area contributed by atoms with Crippen LogP contribution >= 0.6 is 11.6 Å². The van der Waals surface area contributed by atoms with Gasteiger partial charge in [-0.1, -0.05) is 30.7 Å². The molecule has 1 aliphatic rings. The van der Waals surface area contributed by atoms with E-state index >= 15 is 0 Å². The van der Waals surface area contributed by atoms with E-state index < -0.39 is 5.91 Å². The smallest absolute Gasteiger partial charge is 0.250 e. The predicted octanol–water partition coefficient (Wildman–Crippen LogP) is 2.96. The molecule has 5 nitrogen and oxygen atoms in total. The van der Waals surface area contributed by atoms with Crippen molar-refractivity contribution in [1.82, 2.24) is 9.88 Å². The van der Waals surface area contributed by atoms with Crippen molar-refractivity contribution in [1.29, 1.82) is 0 Å². The van der Waals surface area contributed by atoms with Gasteiger partial charge in [-0.2, -0.15) is 0 Å². The molecular weight excluding hydrogens is 312 g/mol. The average Bonchev–Trinajstić information content (AvgIpc) is 2.56. The zero-order valence-electron chi connectivity index (χ0n) is 13.0. The van der Waals surface area contributed by atoms with E-state index in [1.807, 2.05) is 12.1 Å². The summed E-state index contributed by atoms with van der Waals surface area (Å²) >= 11 is 6.21. The predicted molar refractivity (Wildman–Crippen MR) is 92.1 cm³/mol. The molecule has 6 heteroatoms. The highest BCUT2D eigenvalue weighted by molar-refractivity contribution is 6.33. The highest BCUT2D eigenvalue weighted by Gasteiger charge is 2.18. The molecule has 0 saturated carbocycles. The molecule has 0 bridgehead atoms. The number of benzene rings is 1. The van der Waals surface area contributed by atoms with Crippen LogP contribution < -0.4 is 11.1 Å². The molecule has 0 aliphatic carbocycles. The van der Waals surface area contributed by atoms with Gasteiger partial charge in [0.25, 0.3) is 0 Å². The molecule has 3 rings (SSSR count). The number of carbonyl (C=O) groups excluding carboxylic acids is 1. The molecule has 23 heavy (non-hydrogen) atoms. The number of likely N-dealkylation sites (N-methyl/N-ethyl adjacent to an activating group) is 1. The van der Waals surface area contributed by atoms with Crippen LogP contribution in [0.15, 0.2) is 30.5 Å². The zero-order valence-corrected chi connectivity index (χ0v) is 13.7. The Morgan fingerprint density at radius 2 is 2.30 bits per heavy atom. The van der Waals surface area contributed by atoms with Gasteiger partial charge in [-0.3, -0.25) is 9.69 Å². The second-order valence-electron chi connectivity index (χ2n) is 5.61. The maximum atomic E-state index is 11.2. The summed E-state index contributed by atoms with van der Waals surface area (Å²) in [5.74, 6) is -0.00862. The number of halogens is 1. The summed E-state index contributed by atoms with van der Waals surface area (Å²) in [5, 5.41) is 3.67. The van der Waals surface area contributed by atoms with E-state index in [4.69, 9.17) is 17.3 Å². The van der Waals surface area contributed by atoms with Gasteiger partial charge in [-0.25, -0.2) is 4.98 Å². The Labute approximate surface area is 140 Å². The molecule has 1 amide bonds. The SMILES string of the molecule is CCN1CCc2c(cccc2Nc2ncc(C(N)=O)cc2Cl)C1. The molecule has 120 valence electrons. The minimum absolute atomic E-state index is 0.300. The van der Waals surface area contributed by atoms with Gasteiger partial charge in [0.1, 0.15) is 5.82 Å². The van der Waals surface area contributed by atoms with Gasteiger partial charge in [0.05, 0.1) is 10.6 Å². The fourth-order valence-electron chi connectivity index (χ4n) is 2.85. The minimum Gasteiger partial charge on any atom is -0.366 e. The first-order valence-corrected chi connectivity index (χ1v) is 8.01. The molecule has 0 atom stereocenters. The first kappa shape index (κ1) is 15.8. The maximum absolute atomic E-state index is 11.2. The number of anilines is 2. The monoisotopic (exact) mass is 330 g/mol. The number of pyridine rings is 1. The Bertz CT molecular complexity index is 747. The van der Waals surface area contributed by atoms with Gasteiger partial charge in [0.2, 0.25) is 5.91 Å². The van der Waals surface area contributed by atoms with E-state index in [1.165, 1.54) is 23.4 Å². The molecule has 0 unspecified atom stereocenters. The van der Waals surface area contributed by atoms with E-state index in [-0.39, 0.29) is 0 Å². The van der Waals surface area contributed by atoms with E-state index in [2.05, 4.69) is 28.2 Å². The quantitative estimate of drug-likeness (QED) is 0.904. The second kappa shape index (κ2) is 6.56. The third-order valence-electron chi connectivity index (χ3n) is 4.17. The van der Waals surface area contributed by atoms with Gasteiger partial charge >= 0.3 is 0 Å². The number of rotatable bonds is 4. The third-order valence-corrected chi connectivity index (χ3v) is 4.46. The average molecular weight is 331 g/mol. The summed E-state index contributed by atoms with van der Waals surface area (Å²) in [7, 11) is 0. The number of hydrogen-bond donors (Lipinski definition) is 2. The molecule has 0 radical (unpaired) electrons. The minimum atomic E-state index is -0.539. The van der Waals surface area contributed by atoms with Crippen LogP contribution in [-0.4, -0.2) is 28.9 Å². The number of primary amides is 1. The number of fused-ring (bicyclic) bond motifs is 1. The molecule has 0 fully saturated rings. The molecule has 0 spiro atoms. The molecule has 3 N–H and O–H groups in total. The van der Waals surface area contributed by atoms with Crippen molar-refractivity contribution in [2.45, 2.75) is 19.9 Å². The lowest BCUT2D eigenvalue weighted by atomic mass is 9.97. The molecule has 2 aromatic rings. The van der Waals surface area contributed by atoms with Crippen LogP contribution in [0.5, 0.6) is 0 Å². The Morgan fingerprint density at radius 1 is 1.48 bits per heavy atom. The van der Waals surface area contributed by atoms with Crippen LogP contribution in [0, 0.1) is 0 Å². The van der Waals surface area contributed by atoms with E-state index in [9.17, 15) is 4.79 Å². The van der Waals surface area contributed by atoms with Crippen LogP contribution in [0.2, 0.25) is 5.02 Å². The van der Waals surface area contributed by atoms with Crippen molar-refractivity contribution in [2.24, 2.45) is 5.73 Å². The number of carbonyl (C=O) groups is 1. The molecule has 2 heterocycles.